The van der Waals surface area contributed by atoms with Crippen LogP contribution in [-0.2, 0) is 4.79 Å². The Bertz CT molecular complexity index is 535. The van der Waals surface area contributed by atoms with Gasteiger partial charge in [-0.2, -0.15) is 0 Å². The summed E-state index contributed by atoms with van der Waals surface area (Å²) in [6.45, 7) is -0.334. The lowest BCUT2D eigenvalue weighted by molar-refractivity contribution is -0.117. The molecule has 2 amide bonds. The number of carbonyl (C=O) groups excluding carboxylic acids is 1. The van der Waals surface area contributed by atoms with Gasteiger partial charge in [-0.15, -0.1) is 0 Å². The number of halogens is 2. The molecule has 1 aromatic rings. The summed E-state index contributed by atoms with van der Waals surface area (Å²) in [5.41, 5.74) is 5.18. The molecule has 0 fully saturated rings. The predicted molar refractivity (Wildman–Crippen MR) is 58.3 cm³/mol. The number of nitrogens with zero attached hydrogens (tertiary/aromatic N) is 1. The maximum atomic E-state index is 13.1. The minimum absolute atomic E-state index is 0.130. The van der Waals surface area contributed by atoms with Gasteiger partial charge in [-0.1, -0.05) is 0 Å². The van der Waals surface area contributed by atoms with E-state index in [1.165, 1.54) is 0 Å². The summed E-state index contributed by atoms with van der Waals surface area (Å²) in [5, 5.41) is 11.2. The van der Waals surface area contributed by atoms with Gasteiger partial charge in [0, 0.05) is 12.1 Å². The topological polar surface area (TPSA) is 95.7 Å². The highest BCUT2D eigenvalue weighted by Gasteiger charge is 2.30. The fourth-order valence-electron chi connectivity index (χ4n) is 1.64. The van der Waals surface area contributed by atoms with Gasteiger partial charge in [0.2, 0.25) is 5.91 Å². The fourth-order valence-corrected chi connectivity index (χ4v) is 1.64. The highest BCUT2D eigenvalue weighted by atomic mass is 19.2. The van der Waals surface area contributed by atoms with Crippen LogP contribution in [0.3, 0.4) is 0 Å². The van der Waals surface area contributed by atoms with Crippen molar-refractivity contribution in [2.24, 2.45) is 5.73 Å². The third kappa shape index (κ3) is 1.97. The lowest BCUT2D eigenvalue weighted by Crippen LogP contribution is -2.44. The number of benzene rings is 1. The number of hydrogen-bond donors (Lipinski definition) is 3. The number of amides is 2. The second-order valence-electron chi connectivity index (χ2n) is 3.77. The minimum atomic E-state index is -1.41. The minimum Gasteiger partial charge on any atom is -0.465 e. The van der Waals surface area contributed by atoms with Crippen molar-refractivity contribution in [1.82, 2.24) is 0 Å². The molecule has 1 aliphatic heterocycles. The Balaban J connectivity index is 2.58. The van der Waals surface area contributed by atoms with Crippen molar-refractivity contribution in [3.63, 3.8) is 0 Å². The van der Waals surface area contributed by atoms with Crippen LogP contribution in [-0.4, -0.2) is 29.7 Å². The Hall–Kier alpha value is -2.22. The standard InChI is InChI=1S/C10H9F2N3O3/c11-4-1-7-8(2-5(4)12)15(10(17)18)3-6(13)9(16)14-7/h1-2,6H,3,13H2,(H,14,16)(H,17,18). The van der Waals surface area contributed by atoms with Gasteiger partial charge in [0.15, 0.2) is 11.6 Å². The first kappa shape index (κ1) is 12.2. The number of anilines is 2. The molecule has 0 radical (unpaired) electrons. The summed E-state index contributed by atoms with van der Waals surface area (Å²) in [5.74, 6) is -3.05. The Kier molecular flexibility index (Phi) is 2.87. The van der Waals surface area contributed by atoms with Gasteiger partial charge >= 0.3 is 6.09 Å². The number of carbonyl (C=O) groups is 2. The Labute approximate surface area is 100.0 Å². The van der Waals surface area contributed by atoms with Crippen LogP contribution in [0.2, 0.25) is 0 Å². The summed E-state index contributed by atoms with van der Waals surface area (Å²) in [6.07, 6.45) is -1.41. The van der Waals surface area contributed by atoms with Gasteiger partial charge in [0.25, 0.3) is 0 Å². The first-order valence-corrected chi connectivity index (χ1v) is 4.96. The summed E-state index contributed by atoms with van der Waals surface area (Å²) < 4.78 is 26.2. The van der Waals surface area contributed by atoms with Crippen LogP contribution in [0.5, 0.6) is 0 Å². The Morgan fingerprint density at radius 3 is 2.67 bits per heavy atom. The lowest BCUT2D eigenvalue weighted by Gasteiger charge is -2.19. The molecule has 8 heteroatoms. The van der Waals surface area contributed by atoms with E-state index >= 15 is 0 Å². The van der Waals surface area contributed by atoms with E-state index in [-0.39, 0.29) is 17.9 Å². The van der Waals surface area contributed by atoms with E-state index < -0.39 is 29.7 Å². The molecule has 0 bridgehead atoms. The third-order valence-electron chi connectivity index (χ3n) is 2.53. The molecule has 1 aromatic carbocycles. The van der Waals surface area contributed by atoms with Crippen molar-refractivity contribution in [2.75, 3.05) is 16.8 Å². The summed E-state index contributed by atoms with van der Waals surface area (Å²) in [6, 6.07) is 0.313. The van der Waals surface area contributed by atoms with Crippen LogP contribution in [0.15, 0.2) is 12.1 Å². The van der Waals surface area contributed by atoms with Gasteiger partial charge in [0.1, 0.15) is 6.04 Å². The molecule has 0 saturated carbocycles. The summed E-state index contributed by atoms with van der Waals surface area (Å²) in [7, 11) is 0. The van der Waals surface area contributed by atoms with E-state index in [1.807, 2.05) is 0 Å². The van der Waals surface area contributed by atoms with Crippen LogP contribution in [0.1, 0.15) is 0 Å². The molecule has 0 aliphatic carbocycles. The molecule has 18 heavy (non-hydrogen) atoms. The molecule has 0 aromatic heterocycles. The van der Waals surface area contributed by atoms with E-state index in [9.17, 15) is 18.4 Å². The molecule has 2 rings (SSSR count). The number of hydrogen-bond acceptors (Lipinski definition) is 3. The van der Waals surface area contributed by atoms with Gasteiger partial charge in [0.05, 0.1) is 17.9 Å². The van der Waals surface area contributed by atoms with Crippen molar-refractivity contribution >= 4 is 23.4 Å². The normalized spacial score (nSPS) is 18.9. The molecule has 0 spiro atoms. The van der Waals surface area contributed by atoms with Gasteiger partial charge in [-0.25, -0.2) is 13.6 Å². The second kappa shape index (κ2) is 4.22. The number of carboxylic acid groups (broad SMARTS) is 1. The molecule has 0 saturated heterocycles. The zero-order valence-corrected chi connectivity index (χ0v) is 8.98. The Morgan fingerprint density at radius 2 is 2.06 bits per heavy atom. The quantitative estimate of drug-likeness (QED) is 0.638. The van der Waals surface area contributed by atoms with Gasteiger partial charge in [-0.3, -0.25) is 9.69 Å². The lowest BCUT2D eigenvalue weighted by atomic mass is 10.2. The zero-order chi connectivity index (χ0) is 13.4. The van der Waals surface area contributed by atoms with Gasteiger partial charge < -0.3 is 16.2 Å². The molecular weight excluding hydrogens is 248 g/mol. The average molecular weight is 257 g/mol. The van der Waals surface area contributed by atoms with E-state index in [0.717, 1.165) is 6.07 Å². The molecule has 1 unspecified atom stereocenters. The first-order chi connectivity index (χ1) is 8.40. The smallest absolute Gasteiger partial charge is 0.411 e. The van der Waals surface area contributed by atoms with Crippen LogP contribution in [0, 0.1) is 11.6 Å². The molecular formula is C10H9F2N3O3. The highest BCUT2D eigenvalue weighted by Crippen LogP contribution is 2.31. The highest BCUT2D eigenvalue weighted by molar-refractivity contribution is 6.03. The molecule has 96 valence electrons. The fraction of sp³-hybridized carbons (Fsp3) is 0.200. The first-order valence-electron chi connectivity index (χ1n) is 4.96. The number of nitrogens with two attached hydrogens (primary N) is 1. The number of fused-ring (bicyclic) bond motifs is 1. The third-order valence-corrected chi connectivity index (χ3v) is 2.53. The van der Waals surface area contributed by atoms with Crippen molar-refractivity contribution in [1.29, 1.82) is 0 Å². The maximum Gasteiger partial charge on any atom is 0.411 e. The molecule has 1 heterocycles. The largest absolute Gasteiger partial charge is 0.465 e. The monoisotopic (exact) mass is 257 g/mol. The SMILES string of the molecule is NC1CN(C(=O)O)c2cc(F)c(F)cc2NC1=O. The van der Waals surface area contributed by atoms with Crippen LogP contribution >= 0.6 is 0 Å². The van der Waals surface area contributed by atoms with E-state index in [1.54, 1.807) is 0 Å². The van der Waals surface area contributed by atoms with Crippen molar-refractivity contribution in [3.05, 3.63) is 23.8 Å². The molecule has 1 aliphatic rings. The van der Waals surface area contributed by atoms with Gasteiger partial charge in [-0.05, 0) is 0 Å². The summed E-state index contributed by atoms with van der Waals surface area (Å²) >= 11 is 0. The predicted octanol–water partition coefficient (Wildman–Crippen LogP) is 0.729. The van der Waals surface area contributed by atoms with Crippen LogP contribution in [0.4, 0.5) is 25.0 Å². The van der Waals surface area contributed by atoms with Crippen molar-refractivity contribution in [3.8, 4) is 0 Å². The van der Waals surface area contributed by atoms with E-state index in [2.05, 4.69) is 5.32 Å². The molecule has 1 atom stereocenters. The van der Waals surface area contributed by atoms with E-state index in [0.29, 0.717) is 11.0 Å². The average Bonchev–Trinajstić information content (AvgIpc) is 2.40. The number of rotatable bonds is 0. The van der Waals surface area contributed by atoms with Crippen molar-refractivity contribution in [2.45, 2.75) is 6.04 Å². The van der Waals surface area contributed by atoms with Crippen LogP contribution in [0.25, 0.3) is 0 Å². The zero-order valence-electron chi connectivity index (χ0n) is 8.98. The van der Waals surface area contributed by atoms with E-state index in [4.69, 9.17) is 10.8 Å². The summed E-state index contributed by atoms with van der Waals surface area (Å²) in [4.78, 5) is 23.2. The molecule has 6 nitrogen and oxygen atoms in total. The number of nitrogens with one attached hydrogen (secondary N) is 1. The second-order valence-corrected chi connectivity index (χ2v) is 3.77. The van der Waals surface area contributed by atoms with Crippen LogP contribution < -0.4 is 16.0 Å². The van der Waals surface area contributed by atoms with Crippen molar-refractivity contribution < 1.29 is 23.5 Å². The molecule has 4 N–H and O–H groups in total. The Morgan fingerprint density at radius 1 is 1.44 bits per heavy atom. The maximum absolute atomic E-state index is 13.1.